The van der Waals surface area contributed by atoms with Gasteiger partial charge in [-0.05, 0) is 53.0 Å². The Kier molecular flexibility index (Phi) is 9.33. The molecule has 0 aliphatic rings. The first-order chi connectivity index (χ1) is 13.9. The number of nitrogens with one attached hydrogen (secondary N) is 2. The minimum Gasteiger partial charge on any atom is -0.444 e. The quantitative estimate of drug-likeness (QED) is 0.673. The summed E-state index contributed by atoms with van der Waals surface area (Å²) in [6, 6.07) is 7.49. The van der Waals surface area contributed by atoms with Gasteiger partial charge in [0.1, 0.15) is 17.7 Å². The Bertz CT molecular complexity index is 711. The fourth-order valence-electron chi connectivity index (χ4n) is 3.06. The molecule has 0 bridgehead atoms. The number of rotatable bonds is 8. The Labute approximate surface area is 180 Å². The van der Waals surface area contributed by atoms with Crippen molar-refractivity contribution in [2.75, 3.05) is 6.54 Å². The van der Waals surface area contributed by atoms with Gasteiger partial charge in [-0.1, -0.05) is 44.2 Å². The summed E-state index contributed by atoms with van der Waals surface area (Å²) in [4.78, 5) is 40.4. The van der Waals surface area contributed by atoms with Crippen LogP contribution in [0.3, 0.4) is 0 Å². The Balaban J connectivity index is 3.24. The van der Waals surface area contributed by atoms with E-state index in [1.165, 1.54) is 4.90 Å². The first-order valence-corrected chi connectivity index (χ1v) is 10.5. The Morgan fingerprint density at radius 2 is 1.57 bits per heavy atom. The van der Waals surface area contributed by atoms with Crippen LogP contribution in [0, 0.1) is 5.92 Å². The van der Waals surface area contributed by atoms with Crippen molar-refractivity contribution in [3.05, 3.63) is 35.9 Å². The lowest BCUT2D eigenvalue weighted by Gasteiger charge is -2.35. The monoisotopic (exact) mass is 419 g/mol. The molecule has 30 heavy (non-hydrogen) atoms. The van der Waals surface area contributed by atoms with E-state index >= 15 is 0 Å². The predicted molar refractivity (Wildman–Crippen MR) is 118 cm³/mol. The van der Waals surface area contributed by atoms with E-state index < -0.39 is 23.8 Å². The number of hydrogen-bond acceptors (Lipinski definition) is 4. The van der Waals surface area contributed by atoms with E-state index in [4.69, 9.17) is 4.74 Å². The minimum absolute atomic E-state index is 0.0710. The summed E-state index contributed by atoms with van der Waals surface area (Å²) < 4.78 is 5.33. The van der Waals surface area contributed by atoms with Crippen molar-refractivity contribution in [2.45, 2.75) is 79.1 Å². The van der Waals surface area contributed by atoms with Gasteiger partial charge in [0.2, 0.25) is 11.8 Å². The molecule has 7 heteroatoms. The fraction of sp³-hybridized carbons (Fsp3) is 0.609. The molecule has 2 unspecified atom stereocenters. The van der Waals surface area contributed by atoms with Gasteiger partial charge < -0.3 is 20.3 Å². The van der Waals surface area contributed by atoms with Crippen molar-refractivity contribution in [1.29, 1.82) is 0 Å². The second-order valence-electron chi connectivity index (χ2n) is 8.97. The molecule has 0 spiro atoms. The van der Waals surface area contributed by atoms with Crippen LogP contribution in [0.2, 0.25) is 0 Å². The van der Waals surface area contributed by atoms with E-state index in [0.717, 1.165) is 0 Å². The van der Waals surface area contributed by atoms with Crippen LogP contribution in [-0.4, -0.2) is 47.0 Å². The highest BCUT2D eigenvalue weighted by atomic mass is 16.6. The lowest BCUT2D eigenvalue weighted by molar-refractivity contribution is -0.143. The van der Waals surface area contributed by atoms with E-state index in [-0.39, 0.29) is 23.8 Å². The predicted octanol–water partition coefficient (Wildman–Crippen LogP) is 3.65. The topological polar surface area (TPSA) is 87.7 Å². The average Bonchev–Trinajstić information content (AvgIpc) is 2.61. The Morgan fingerprint density at radius 1 is 1.00 bits per heavy atom. The summed E-state index contributed by atoms with van der Waals surface area (Å²) in [6.45, 7) is 14.9. The van der Waals surface area contributed by atoms with E-state index in [2.05, 4.69) is 10.6 Å². The molecule has 0 aliphatic heterocycles. The molecule has 0 saturated heterocycles. The Hall–Kier alpha value is -2.57. The third-order valence-corrected chi connectivity index (χ3v) is 4.33. The van der Waals surface area contributed by atoms with E-state index in [1.54, 1.807) is 20.8 Å². The average molecular weight is 420 g/mol. The van der Waals surface area contributed by atoms with E-state index in [9.17, 15) is 14.4 Å². The summed E-state index contributed by atoms with van der Waals surface area (Å²) in [5.74, 6) is -0.777. The van der Waals surface area contributed by atoms with Crippen molar-refractivity contribution >= 4 is 17.9 Å². The van der Waals surface area contributed by atoms with Crippen molar-refractivity contribution < 1.29 is 19.1 Å². The summed E-state index contributed by atoms with van der Waals surface area (Å²) in [7, 11) is 0. The van der Waals surface area contributed by atoms with Crippen LogP contribution < -0.4 is 10.6 Å². The first-order valence-electron chi connectivity index (χ1n) is 10.5. The molecule has 1 rings (SSSR count). The van der Waals surface area contributed by atoms with Gasteiger partial charge in [-0.25, -0.2) is 4.79 Å². The van der Waals surface area contributed by atoms with Crippen LogP contribution in [0.15, 0.2) is 30.3 Å². The molecule has 0 radical (unpaired) electrons. The molecule has 3 amide bonds. The second kappa shape index (κ2) is 11.0. The zero-order valence-corrected chi connectivity index (χ0v) is 19.5. The summed E-state index contributed by atoms with van der Waals surface area (Å²) in [5.41, 5.74) is 0.0358. The largest absolute Gasteiger partial charge is 0.444 e. The number of ether oxygens (including phenoxy) is 1. The lowest BCUT2D eigenvalue weighted by atomic mass is 9.99. The number of benzene rings is 1. The molecule has 0 aliphatic carbocycles. The van der Waals surface area contributed by atoms with Crippen molar-refractivity contribution in [1.82, 2.24) is 15.5 Å². The van der Waals surface area contributed by atoms with Gasteiger partial charge in [0, 0.05) is 12.6 Å². The minimum atomic E-state index is -0.821. The van der Waals surface area contributed by atoms with Crippen molar-refractivity contribution in [3.8, 4) is 0 Å². The van der Waals surface area contributed by atoms with Crippen molar-refractivity contribution in [3.63, 3.8) is 0 Å². The molecule has 0 fully saturated rings. The molecule has 168 valence electrons. The number of nitrogens with zero attached hydrogens (tertiary/aromatic N) is 1. The number of carbonyl (C=O) groups excluding carboxylic acids is 3. The molecule has 0 saturated carbocycles. The maximum atomic E-state index is 13.5. The summed E-state index contributed by atoms with van der Waals surface area (Å²) >= 11 is 0. The normalized spacial score (nSPS) is 13.5. The van der Waals surface area contributed by atoms with Gasteiger partial charge in [0.25, 0.3) is 0 Å². The van der Waals surface area contributed by atoms with Gasteiger partial charge in [-0.2, -0.15) is 0 Å². The summed E-state index contributed by atoms with van der Waals surface area (Å²) in [6.07, 6.45) is -0.659. The first kappa shape index (κ1) is 25.5. The zero-order chi connectivity index (χ0) is 23.1. The van der Waals surface area contributed by atoms with Gasteiger partial charge >= 0.3 is 6.09 Å². The van der Waals surface area contributed by atoms with Gasteiger partial charge in [0.05, 0.1) is 0 Å². The molecule has 7 nitrogen and oxygen atoms in total. The molecule has 0 heterocycles. The highest BCUT2D eigenvalue weighted by molar-refractivity contribution is 5.92. The molecular formula is C23H37N3O4. The van der Waals surface area contributed by atoms with Crippen molar-refractivity contribution in [2.24, 2.45) is 5.92 Å². The van der Waals surface area contributed by atoms with E-state index in [0.29, 0.717) is 12.1 Å². The number of likely N-dealkylation sites (N-methyl/N-ethyl adjacent to an activating group) is 1. The standard InChI is InChI=1S/C23H37N3O4/c1-9-26(19(20(27)24-16(4)5)17-13-11-10-12-14-17)21(28)18(15(2)3)25-22(29)30-23(6,7)8/h10-16,18-19H,9H2,1-8H3,(H,24,27)(H,25,29). The Morgan fingerprint density at radius 3 is 2.00 bits per heavy atom. The molecule has 1 aromatic carbocycles. The van der Waals surface area contributed by atoms with E-state index in [1.807, 2.05) is 65.0 Å². The molecule has 0 aromatic heterocycles. The second-order valence-corrected chi connectivity index (χ2v) is 8.97. The number of alkyl carbamates (subject to hydrolysis) is 1. The third-order valence-electron chi connectivity index (χ3n) is 4.33. The van der Waals surface area contributed by atoms with Gasteiger partial charge in [-0.15, -0.1) is 0 Å². The van der Waals surface area contributed by atoms with Crippen LogP contribution in [0.4, 0.5) is 4.79 Å². The smallest absolute Gasteiger partial charge is 0.408 e. The number of amides is 3. The number of carbonyl (C=O) groups is 3. The maximum absolute atomic E-state index is 13.5. The molecule has 2 atom stereocenters. The molecule has 1 aromatic rings. The zero-order valence-electron chi connectivity index (χ0n) is 19.5. The van der Waals surface area contributed by atoms with Crippen LogP contribution in [0.25, 0.3) is 0 Å². The summed E-state index contributed by atoms with van der Waals surface area (Å²) in [5, 5.41) is 5.60. The third kappa shape index (κ3) is 7.69. The highest BCUT2D eigenvalue weighted by Gasteiger charge is 2.36. The molecule has 2 N–H and O–H groups in total. The van der Waals surface area contributed by atoms with Crippen LogP contribution in [0.1, 0.15) is 67.0 Å². The fourth-order valence-corrected chi connectivity index (χ4v) is 3.06. The van der Waals surface area contributed by atoms with Gasteiger partial charge in [-0.3, -0.25) is 9.59 Å². The van der Waals surface area contributed by atoms with Crippen LogP contribution >= 0.6 is 0 Å². The number of hydrogen-bond donors (Lipinski definition) is 2. The highest BCUT2D eigenvalue weighted by Crippen LogP contribution is 2.23. The SMILES string of the molecule is CCN(C(=O)C(NC(=O)OC(C)(C)C)C(C)C)C(C(=O)NC(C)C)c1ccccc1. The van der Waals surface area contributed by atoms with Gasteiger partial charge in [0.15, 0.2) is 0 Å². The van der Waals surface area contributed by atoms with Crippen LogP contribution in [-0.2, 0) is 14.3 Å². The lowest BCUT2D eigenvalue weighted by Crippen LogP contribution is -2.55. The maximum Gasteiger partial charge on any atom is 0.408 e. The molecular weight excluding hydrogens is 382 g/mol. The van der Waals surface area contributed by atoms with Crippen LogP contribution in [0.5, 0.6) is 0 Å².